The molecule has 0 unspecified atom stereocenters. The Morgan fingerprint density at radius 1 is 1.27 bits per heavy atom. The van der Waals surface area contributed by atoms with Crippen molar-refractivity contribution < 1.29 is 13.9 Å². The minimum absolute atomic E-state index is 0.0335. The maximum Gasteiger partial charge on any atom is 0.192 e. The van der Waals surface area contributed by atoms with Crippen molar-refractivity contribution in [3.05, 3.63) is 72.4 Å². The van der Waals surface area contributed by atoms with Crippen LogP contribution in [0.25, 0.3) is 11.5 Å². The molecule has 0 amide bonds. The normalized spacial score (nSPS) is 14.4. The Labute approximate surface area is 179 Å². The zero-order valence-electron chi connectivity index (χ0n) is 15.7. The van der Waals surface area contributed by atoms with Gasteiger partial charge in [-0.25, -0.2) is 23.4 Å². The lowest BCUT2D eigenvalue weighted by atomic mass is 9.90. The van der Waals surface area contributed by atoms with Crippen LogP contribution in [-0.2, 0) is 12.1 Å². The SMILES string of the molecule is C[C@@H](Sc1nc(-c2ccccn2)ns1)[C@](O)(Cn1cncn1)c1ccc(F)cc1F. The van der Waals surface area contributed by atoms with Crippen LogP contribution in [0.3, 0.4) is 0 Å². The van der Waals surface area contributed by atoms with Crippen LogP contribution >= 0.6 is 23.3 Å². The van der Waals surface area contributed by atoms with E-state index in [0.717, 1.165) is 23.7 Å². The van der Waals surface area contributed by atoms with Gasteiger partial charge >= 0.3 is 0 Å². The van der Waals surface area contributed by atoms with Crippen molar-refractivity contribution in [1.29, 1.82) is 0 Å². The van der Waals surface area contributed by atoms with E-state index in [1.165, 1.54) is 35.2 Å². The summed E-state index contributed by atoms with van der Waals surface area (Å²) in [5, 5.41) is 15.0. The molecule has 3 aromatic heterocycles. The predicted octanol–water partition coefficient (Wildman–Crippen LogP) is 3.54. The summed E-state index contributed by atoms with van der Waals surface area (Å²) in [5.41, 5.74) is -1.11. The first kappa shape index (κ1) is 20.5. The maximum absolute atomic E-state index is 14.6. The number of hydrogen-bond acceptors (Lipinski definition) is 8. The molecule has 2 atom stereocenters. The van der Waals surface area contributed by atoms with Crippen molar-refractivity contribution in [2.24, 2.45) is 0 Å². The van der Waals surface area contributed by atoms with Crippen molar-refractivity contribution in [3.63, 3.8) is 0 Å². The Morgan fingerprint density at radius 2 is 2.13 bits per heavy atom. The van der Waals surface area contributed by atoms with Gasteiger partial charge in [-0.2, -0.15) is 9.47 Å². The molecule has 0 bridgehead atoms. The van der Waals surface area contributed by atoms with Gasteiger partial charge in [0.2, 0.25) is 0 Å². The minimum atomic E-state index is -1.72. The number of aromatic nitrogens is 6. The molecule has 0 saturated carbocycles. The third kappa shape index (κ3) is 4.23. The molecule has 0 fully saturated rings. The third-order valence-electron chi connectivity index (χ3n) is 4.52. The van der Waals surface area contributed by atoms with Gasteiger partial charge in [0.1, 0.15) is 35.6 Å². The average molecular weight is 447 g/mol. The molecule has 0 radical (unpaired) electrons. The Balaban J connectivity index is 1.64. The van der Waals surface area contributed by atoms with Gasteiger partial charge in [0.25, 0.3) is 0 Å². The van der Waals surface area contributed by atoms with E-state index in [1.807, 2.05) is 6.07 Å². The molecule has 7 nitrogen and oxygen atoms in total. The van der Waals surface area contributed by atoms with Gasteiger partial charge in [0.15, 0.2) is 10.2 Å². The highest BCUT2D eigenvalue weighted by molar-refractivity contribution is 8.01. The van der Waals surface area contributed by atoms with Crippen molar-refractivity contribution in [3.8, 4) is 11.5 Å². The van der Waals surface area contributed by atoms with Crippen LogP contribution in [0.2, 0.25) is 0 Å². The highest BCUT2D eigenvalue weighted by Gasteiger charge is 2.40. The standard InChI is InChI=1S/C19H16F2N6OS2/c1-12(29-18-25-17(26-30-18)16-4-2-3-7-23-16)19(28,9-27-11-22-10-24-27)14-6-5-13(20)8-15(14)21/h2-8,10-12,28H,9H2,1H3/t12-,19-/m1/s1. The summed E-state index contributed by atoms with van der Waals surface area (Å²) in [5.74, 6) is -1.08. The van der Waals surface area contributed by atoms with E-state index in [2.05, 4.69) is 24.4 Å². The molecule has 1 N–H and O–H groups in total. The summed E-state index contributed by atoms with van der Waals surface area (Å²) in [6, 6.07) is 8.56. The summed E-state index contributed by atoms with van der Waals surface area (Å²) in [4.78, 5) is 12.6. The summed E-state index contributed by atoms with van der Waals surface area (Å²) in [7, 11) is 0. The topological polar surface area (TPSA) is 89.6 Å². The van der Waals surface area contributed by atoms with Crippen LogP contribution in [0.1, 0.15) is 12.5 Å². The van der Waals surface area contributed by atoms with E-state index in [4.69, 9.17) is 0 Å². The predicted molar refractivity (Wildman–Crippen MR) is 109 cm³/mol. The number of rotatable bonds is 7. The highest BCUT2D eigenvalue weighted by atomic mass is 32.2. The summed E-state index contributed by atoms with van der Waals surface area (Å²) in [6.45, 7) is 1.67. The molecule has 0 spiro atoms. The second-order valence-electron chi connectivity index (χ2n) is 6.50. The third-order valence-corrected chi connectivity index (χ3v) is 6.58. The molecule has 0 aliphatic rings. The van der Waals surface area contributed by atoms with Crippen LogP contribution in [0, 0.1) is 11.6 Å². The smallest absolute Gasteiger partial charge is 0.192 e. The van der Waals surface area contributed by atoms with Crippen LogP contribution < -0.4 is 0 Å². The molecule has 154 valence electrons. The fraction of sp³-hybridized carbons (Fsp3) is 0.211. The number of pyridine rings is 1. The van der Waals surface area contributed by atoms with Crippen molar-refractivity contribution in [2.75, 3.05) is 0 Å². The van der Waals surface area contributed by atoms with Crippen molar-refractivity contribution in [1.82, 2.24) is 29.1 Å². The van der Waals surface area contributed by atoms with Gasteiger partial charge in [-0.3, -0.25) is 4.98 Å². The van der Waals surface area contributed by atoms with Crippen LogP contribution in [0.4, 0.5) is 8.78 Å². The lowest BCUT2D eigenvalue weighted by Gasteiger charge is -2.33. The summed E-state index contributed by atoms with van der Waals surface area (Å²) >= 11 is 2.40. The van der Waals surface area contributed by atoms with Gasteiger partial charge in [-0.15, -0.1) is 0 Å². The largest absolute Gasteiger partial charge is 0.382 e. The number of halogens is 2. The Bertz CT molecular complexity index is 1130. The van der Waals surface area contributed by atoms with E-state index in [1.54, 1.807) is 25.3 Å². The quantitative estimate of drug-likeness (QED) is 0.434. The van der Waals surface area contributed by atoms with Crippen LogP contribution in [-0.4, -0.2) is 39.5 Å². The molecule has 1 aromatic carbocycles. The van der Waals surface area contributed by atoms with E-state index >= 15 is 0 Å². The van der Waals surface area contributed by atoms with Crippen molar-refractivity contribution >= 4 is 23.3 Å². The highest BCUT2D eigenvalue weighted by Crippen LogP contribution is 2.40. The lowest BCUT2D eigenvalue weighted by Crippen LogP contribution is -2.41. The zero-order chi connectivity index (χ0) is 21.1. The summed E-state index contributed by atoms with van der Waals surface area (Å²) < 4.78 is 34.4. The van der Waals surface area contributed by atoms with Gasteiger partial charge in [0, 0.05) is 23.1 Å². The van der Waals surface area contributed by atoms with Gasteiger partial charge in [0.05, 0.1) is 6.54 Å². The van der Waals surface area contributed by atoms with E-state index in [0.29, 0.717) is 15.9 Å². The summed E-state index contributed by atoms with van der Waals surface area (Å²) in [6.07, 6.45) is 4.40. The minimum Gasteiger partial charge on any atom is -0.382 e. The Morgan fingerprint density at radius 3 is 2.83 bits per heavy atom. The number of aliphatic hydroxyl groups is 1. The molecule has 0 saturated heterocycles. The number of nitrogens with zero attached hydrogens (tertiary/aromatic N) is 6. The van der Waals surface area contributed by atoms with E-state index < -0.39 is 22.5 Å². The van der Waals surface area contributed by atoms with Crippen LogP contribution in [0.5, 0.6) is 0 Å². The molecule has 11 heteroatoms. The first-order valence-electron chi connectivity index (χ1n) is 8.88. The molecular weight excluding hydrogens is 430 g/mol. The second kappa shape index (κ2) is 8.54. The second-order valence-corrected chi connectivity index (χ2v) is 8.84. The van der Waals surface area contributed by atoms with Gasteiger partial charge < -0.3 is 5.11 Å². The Kier molecular flexibility index (Phi) is 5.84. The molecular formula is C19H16F2N6OS2. The molecule has 4 rings (SSSR count). The fourth-order valence-electron chi connectivity index (χ4n) is 2.94. The molecule has 0 aliphatic carbocycles. The fourth-order valence-corrected chi connectivity index (χ4v) is 4.92. The molecule has 3 heterocycles. The molecule has 0 aliphatic heterocycles. The molecule has 30 heavy (non-hydrogen) atoms. The number of thioether (sulfide) groups is 1. The monoisotopic (exact) mass is 446 g/mol. The van der Waals surface area contributed by atoms with E-state index in [-0.39, 0.29) is 12.1 Å². The first-order chi connectivity index (χ1) is 14.5. The molecule has 4 aromatic rings. The van der Waals surface area contributed by atoms with E-state index in [9.17, 15) is 13.9 Å². The van der Waals surface area contributed by atoms with Gasteiger partial charge in [-0.1, -0.05) is 23.9 Å². The Hall–Kier alpha value is -2.76. The van der Waals surface area contributed by atoms with Crippen molar-refractivity contribution in [2.45, 2.75) is 28.7 Å². The maximum atomic E-state index is 14.6. The van der Waals surface area contributed by atoms with Crippen LogP contribution in [0.15, 0.2) is 59.6 Å². The first-order valence-corrected chi connectivity index (χ1v) is 10.5. The lowest BCUT2D eigenvalue weighted by molar-refractivity contribution is 0.0133. The number of benzene rings is 1. The van der Waals surface area contributed by atoms with Gasteiger partial charge in [-0.05, 0) is 36.7 Å². The number of hydrogen-bond donors (Lipinski definition) is 1. The average Bonchev–Trinajstić information content (AvgIpc) is 3.40. The zero-order valence-corrected chi connectivity index (χ0v) is 17.3.